The van der Waals surface area contributed by atoms with E-state index < -0.39 is 17.6 Å². The second-order valence-corrected chi connectivity index (χ2v) is 9.32. The molecule has 36 heavy (non-hydrogen) atoms. The minimum absolute atomic E-state index is 0.164. The van der Waals surface area contributed by atoms with Gasteiger partial charge in [-0.3, -0.25) is 14.4 Å². The number of anilines is 1. The average Bonchev–Trinajstić information content (AvgIpc) is 3.47. The number of nitrogens with two attached hydrogens (primary N) is 1. The topological polar surface area (TPSA) is 123 Å². The summed E-state index contributed by atoms with van der Waals surface area (Å²) in [5.41, 5.74) is 7.28. The molecule has 2 aliphatic heterocycles. The number of amides is 3. The van der Waals surface area contributed by atoms with Gasteiger partial charge in [0.15, 0.2) is 12.2 Å². The lowest BCUT2D eigenvalue weighted by Crippen LogP contribution is -2.44. The first-order chi connectivity index (χ1) is 17.2. The maximum absolute atomic E-state index is 12.8. The predicted octanol–water partition coefficient (Wildman–Crippen LogP) is 3.27. The third kappa shape index (κ3) is 5.52. The molecule has 3 N–H and O–H groups in total. The highest BCUT2D eigenvalue weighted by Gasteiger charge is 2.53. The molecular weight excluding hydrogens is 484 g/mol. The van der Waals surface area contributed by atoms with Gasteiger partial charge in [0.05, 0.1) is 12.3 Å². The van der Waals surface area contributed by atoms with Crippen molar-refractivity contribution in [3.8, 4) is 5.75 Å². The van der Waals surface area contributed by atoms with Crippen LogP contribution in [0.1, 0.15) is 32.3 Å². The number of nitrogens with one attached hydrogen (secondary N) is 1. The van der Waals surface area contributed by atoms with E-state index in [1.54, 1.807) is 62.4 Å². The number of hydrogen-bond donors (Lipinski definition) is 2. The monoisotopic (exact) mass is 510 g/mol. The Balaban J connectivity index is 1.40. The number of carbonyl (C=O) groups is 3. The van der Waals surface area contributed by atoms with Crippen molar-refractivity contribution < 1.29 is 24.0 Å². The maximum atomic E-state index is 12.8. The van der Waals surface area contributed by atoms with E-state index >= 15 is 0 Å². The molecule has 2 unspecified atom stereocenters. The first kappa shape index (κ1) is 25.2. The summed E-state index contributed by atoms with van der Waals surface area (Å²) in [6.07, 6.45) is 2.35. The van der Waals surface area contributed by atoms with E-state index in [4.69, 9.17) is 26.9 Å². The highest BCUT2D eigenvalue weighted by atomic mass is 35.5. The van der Waals surface area contributed by atoms with Gasteiger partial charge < -0.3 is 25.5 Å². The number of oxime groups is 1. The molecule has 1 fully saturated rings. The van der Waals surface area contributed by atoms with Crippen LogP contribution >= 0.6 is 11.6 Å². The van der Waals surface area contributed by atoms with Crippen LogP contribution in [0.25, 0.3) is 0 Å². The summed E-state index contributed by atoms with van der Waals surface area (Å²) in [6, 6.07) is 13.2. The average molecular weight is 511 g/mol. The summed E-state index contributed by atoms with van der Waals surface area (Å²) >= 11 is 5.86. The van der Waals surface area contributed by atoms with Crippen LogP contribution in [-0.4, -0.2) is 53.1 Å². The minimum atomic E-state index is -0.829. The Kier molecular flexibility index (Phi) is 7.30. The van der Waals surface area contributed by atoms with Crippen LogP contribution in [0, 0.1) is 0 Å². The van der Waals surface area contributed by atoms with E-state index in [1.165, 1.54) is 4.90 Å². The molecule has 1 saturated heterocycles. The van der Waals surface area contributed by atoms with Crippen LogP contribution in [0.2, 0.25) is 5.02 Å². The van der Waals surface area contributed by atoms with E-state index in [0.717, 1.165) is 5.56 Å². The van der Waals surface area contributed by atoms with Gasteiger partial charge in [-0.2, -0.15) is 0 Å². The molecule has 2 heterocycles. The lowest BCUT2D eigenvalue weighted by molar-refractivity contribution is -0.134. The molecule has 188 valence electrons. The molecule has 2 aliphatic rings. The summed E-state index contributed by atoms with van der Waals surface area (Å²) in [7, 11) is 0. The Morgan fingerprint density at radius 1 is 1.28 bits per heavy atom. The first-order valence-corrected chi connectivity index (χ1v) is 11.8. The predicted molar refractivity (Wildman–Crippen MR) is 136 cm³/mol. The SMILES string of the molecule is CC=C(C)C(=O)N1CC2(CC(c3cccc(NC(=O)COc4ccc(Cl)cc4)c3)=NO2)CC1C(N)=O. The van der Waals surface area contributed by atoms with E-state index in [-0.39, 0.29) is 31.4 Å². The van der Waals surface area contributed by atoms with E-state index in [9.17, 15) is 14.4 Å². The van der Waals surface area contributed by atoms with Gasteiger partial charge in [-0.1, -0.05) is 35.0 Å². The zero-order valence-electron chi connectivity index (χ0n) is 20.0. The molecule has 0 radical (unpaired) electrons. The number of allylic oxidation sites excluding steroid dienone is 1. The molecule has 0 aromatic heterocycles. The smallest absolute Gasteiger partial charge is 0.262 e. The third-order valence-corrected chi connectivity index (χ3v) is 6.51. The van der Waals surface area contributed by atoms with Crippen LogP contribution in [0.3, 0.4) is 0 Å². The molecule has 4 rings (SSSR count). The minimum Gasteiger partial charge on any atom is -0.484 e. The van der Waals surface area contributed by atoms with Gasteiger partial charge in [-0.05, 0) is 50.2 Å². The molecule has 0 saturated carbocycles. The number of primary amides is 1. The van der Waals surface area contributed by atoms with Crippen molar-refractivity contribution in [3.05, 3.63) is 70.8 Å². The number of benzene rings is 2. The standard InChI is InChI=1S/C26H27ClN4O5/c1-3-16(2)25(34)31-15-26(13-22(31)24(28)33)12-21(30-36-26)17-5-4-6-19(11-17)29-23(32)14-35-20-9-7-18(27)8-10-20/h3-11,22H,12-15H2,1-2H3,(H2,28,33)(H,29,32). The highest BCUT2D eigenvalue weighted by molar-refractivity contribution is 6.30. The van der Waals surface area contributed by atoms with Gasteiger partial charge in [0.2, 0.25) is 11.8 Å². The van der Waals surface area contributed by atoms with Crippen LogP contribution in [0.15, 0.2) is 65.3 Å². The molecule has 10 heteroatoms. The Labute approximate surface area is 213 Å². The van der Waals surface area contributed by atoms with Gasteiger partial charge in [0, 0.05) is 34.7 Å². The summed E-state index contributed by atoms with van der Waals surface area (Å²) in [5.74, 6) is -0.613. The summed E-state index contributed by atoms with van der Waals surface area (Å²) in [4.78, 5) is 44.5. The van der Waals surface area contributed by atoms with E-state index in [0.29, 0.717) is 34.2 Å². The lowest BCUT2D eigenvalue weighted by atomic mass is 9.91. The molecule has 0 aliphatic carbocycles. The Hall–Kier alpha value is -3.85. The van der Waals surface area contributed by atoms with Crippen molar-refractivity contribution >= 4 is 40.7 Å². The normalized spacial score (nSPS) is 21.2. The fourth-order valence-electron chi connectivity index (χ4n) is 4.29. The van der Waals surface area contributed by atoms with Gasteiger partial charge in [-0.25, -0.2) is 0 Å². The zero-order valence-corrected chi connectivity index (χ0v) is 20.7. The van der Waals surface area contributed by atoms with Crippen molar-refractivity contribution in [2.45, 2.75) is 38.3 Å². The molecule has 2 atom stereocenters. The van der Waals surface area contributed by atoms with Crippen molar-refractivity contribution in [1.29, 1.82) is 0 Å². The quantitative estimate of drug-likeness (QED) is 0.553. The van der Waals surface area contributed by atoms with Crippen molar-refractivity contribution in [2.24, 2.45) is 10.9 Å². The number of nitrogens with zero attached hydrogens (tertiary/aromatic N) is 2. The molecular formula is C26H27ClN4O5. The molecule has 2 aromatic carbocycles. The van der Waals surface area contributed by atoms with E-state index in [2.05, 4.69) is 10.5 Å². The molecule has 0 bridgehead atoms. The van der Waals surface area contributed by atoms with E-state index in [1.807, 2.05) is 6.07 Å². The second-order valence-electron chi connectivity index (χ2n) is 8.89. The fourth-order valence-corrected chi connectivity index (χ4v) is 4.42. The molecule has 9 nitrogen and oxygen atoms in total. The summed E-state index contributed by atoms with van der Waals surface area (Å²) in [5, 5.41) is 7.65. The number of likely N-dealkylation sites (tertiary alicyclic amines) is 1. The number of ether oxygens (including phenoxy) is 1. The Morgan fingerprint density at radius 3 is 2.72 bits per heavy atom. The van der Waals surface area contributed by atoms with Crippen LogP contribution in [0.4, 0.5) is 5.69 Å². The van der Waals surface area contributed by atoms with Crippen molar-refractivity contribution in [3.63, 3.8) is 0 Å². The summed E-state index contributed by atoms with van der Waals surface area (Å²) < 4.78 is 5.48. The van der Waals surface area contributed by atoms with Crippen LogP contribution in [0.5, 0.6) is 5.75 Å². The van der Waals surface area contributed by atoms with Crippen molar-refractivity contribution in [2.75, 3.05) is 18.5 Å². The van der Waals surface area contributed by atoms with Crippen LogP contribution < -0.4 is 15.8 Å². The van der Waals surface area contributed by atoms with Crippen molar-refractivity contribution in [1.82, 2.24) is 4.90 Å². The molecule has 1 spiro atoms. The number of halogens is 1. The van der Waals surface area contributed by atoms with Gasteiger partial charge in [0.25, 0.3) is 5.91 Å². The zero-order chi connectivity index (χ0) is 25.9. The number of hydrogen-bond acceptors (Lipinski definition) is 6. The summed E-state index contributed by atoms with van der Waals surface area (Å²) in [6.45, 7) is 3.50. The third-order valence-electron chi connectivity index (χ3n) is 6.26. The first-order valence-electron chi connectivity index (χ1n) is 11.5. The fraction of sp³-hybridized carbons (Fsp3) is 0.308. The molecule has 3 amide bonds. The largest absolute Gasteiger partial charge is 0.484 e. The highest BCUT2D eigenvalue weighted by Crippen LogP contribution is 2.39. The molecule has 2 aromatic rings. The van der Waals surface area contributed by atoms with Gasteiger partial charge >= 0.3 is 0 Å². The number of rotatable bonds is 7. The Bertz CT molecular complexity index is 1240. The number of carbonyl (C=O) groups excluding carboxylic acids is 3. The Morgan fingerprint density at radius 2 is 2.03 bits per heavy atom. The maximum Gasteiger partial charge on any atom is 0.262 e. The van der Waals surface area contributed by atoms with Gasteiger partial charge in [0.1, 0.15) is 11.8 Å². The van der Waals surface area contributed by atoms with Crippen LogP contribution in [-0.2, 0) is 19.2 Å². The second kappa shape index (κ2) is 10.4. The lowest BCUT2D eigenvalue weighted by Gasteiger charge is -2.23. The van der Waals surface area contributed by atoms with Gasteiger partial charge in [-0.15, -0.1) is 0 Å².